The molecule has 2 aromatic rings. The van der Waals surface area contributed by atoms with Gasteiger partial charge in [0, 0.05) is 6.54 Å². The first kappa shape index (κ1) is 17.6. The van der Waals surface area contributed by atoms with E-state index in [0.29, 0.717) is 6.54 Å². The molecule has 0 bridgehead atoms. The third kappa shape index (κ3) is 4.60. The maximum atomic E-state index is 11.2. The molecule has 1 amide bonds. The van der Waals surface area contributed by atoms with Crippen molar-refractivity contribution >= 4 is 5.91 Å². The Hall–Kier alpha value is -2.80. The summed E-state index contributed by atoms with van der Waals surface area (Å²) in [4.78, 5) is 11.2. The highest BCUT2D eigenvalue weighted by molar-refractivity contribution is 5.77. The molecule has 2 aromatic carbocycles. The van der Waals surface area contributed by atoms with Gasteiger partial charge in [0.1, 0.15) is 17.9 Å². The standard InChI is InChI=1S/C20H22N2O2/c1-14-4-5-15(2)20(16(14)3)24-18-8-6-17(7-9-18)11-13-22-19(23)10-12-21/h4-9H,10-11,13H2,1-3H3,(H,22,23). The average molecular weight is 322 g/mol. The van der Waals surface area contributed by atoms with Gasteiger partial charge >= 0.3 is 0 Å². The Bertz CT molecular complexity index is 758. The number of aryl methyl sites for hydroxylation is 2. The van der Waals surface area contributed by atoms with Gasteiger partial charge in [-0.3, -0.25) is 4.79 Å². The van der Waals surface area contributed by atoms with E-state index in [1.807, 2.05) is 37.3 Å². The SMILES string of the molecule is Cc1ccc(C)c(Oc2ccc(CCNC(=O)CC#N)cc2)c1C. The molecule has 0 fully saturated rings. The van der Waals surface area contributed by atoms with Crippen molar-refractivity contribution in [2.45, 2.75) is 33.6 Å². The van der Waals surface area contributed by atoms with E-state index in [9.17, 15) is 4.79 Å². The van der Waals surface area contributed by atoms with Crippen LogP contribution in [0.25, 0.3) is 0 Å². The number of carbonyl (C=O) groups excluding carboxylic acids is 1. The molecule has 0 heterocycles. The fourth-order valence-electron chi connectivity index (χ4n) is 2.41. The summed E-state index contributed by atoms with van der Waals surface area (Å²) in [5.74, 6) is 1.47. The van der Waals surface area contributed by atoms with Crippen LogP contribution in [0.3, 0.4) is 0 Å². The van der Waals surface area contributed by atoms with Gasteiger partial charge in [0.05, 0.1) is 6.07 Å². The summed E-state index contributed by atoms with van der Waals surface area (Å²) in [6.07, 6.45) is 0.627. The van der Waals surface area contributed by atoms with Crippen LogP contribution >= 0.6 is 0 Å². The molecule has 1 N–H and O–H groups in total. The van der Waals surface area contributed by atoms with Gasteiger partial charge in [-0.15, -0.1) is 0 Å². The lowest BCUT2D eigenvalue weighted by atomic mass is 10.1. The number of carbonyl (C=O) groups is 1. The summed E-state index contributed by atoms with van der Waals surface area (Å²) < 4.78 is 6.04. The van der Waals surface area contributed by atoms with E-state index in [1.54, 1.807) is 0 Å². The van der Waals surface area contributed by atoms with Crippen LogP contribution in [0.4, 0.5) is 0 Å². The van der Waals surface area contributed by atoms with Gasteiger partial charge in [-0.05, 0) is 61.6 Å². The molecule has 0 saturated heterocycles. The summed E-state index contributed by atoms with van der Waals surface area (Å²) in [7, 11) is 0. The van der Waals surface area contributed by atoms with Crippen LogP contribution in [-0.2, 0) is 11.2 Å². The highest BCUT2D eigenvalue weighted by Crippen LogP contribution is 2.30. The van der Waals surface area contributed by atoms with E-state index in [4.69, 9.17) is 10.00 Å². The molecule has 0 aliphatic rings. The second kappa shape index (κ2) is 8.16. The number of ether oxygens (including phenoxy) is 1. The first-order valence-corrected chi connectivity index (χ1v) is 7.98. The average Bonchev–Trinajstić information content (AvgIpc) is 2.57. The van der Waals surface area contributed by atoms with Crippen LogP contribution in [0.15, 0.2) is 36.4 Å². The molecule has 124 valence electrons. The van der Waals surface area contributed by atoms with Gasteiger partial charge in [0.15, 0.2) is 0 Å². The summed E-state index contributed by atoms with van der Waals surface area (Å²) in [5, 5.41) is 11.2. The van der Waals surface area contributed by atoms with Crippen molar-refractivity contribution in [3.8, 4) is 17.6 Å². The second-order valence-electron chi connectivity index (χ2n) is 5.83. The highest BCUT2D eigenvalue weighted by atomic mass is 16.5. The fourth-order valence-corrected chi connectivity index (χ4v) is 2.41. The minimum atomic E-state index is -0.233. The molecule has 0 radical (unpaired) electrons. The third-order valence-corrected chi connectivity index (χ3v) is 3.99. The molecule has 0 saturated carbocycles. The Morgan fingerprint density at radius 1 is 1.08 bits per heavy atom. The largest absolute Gasteiger partial charge is 0.457 e. The van der Waals surface area contributed by atoms with Crippen LogP contribution in [0, 0.1) is 32.1 Å². The van der Waals surface area contributed by atoms with Crippen LogP contribution in [0.1, 0.15) is 28.7 Å². The molecule has 0 aromatic heterocycles. The molecule has 2 rings (SSSR count). The molecular weight excluding hydrogens is 300 g/mol. The first-order valence-electron chi connectivity index (χ1n) is 7.98. The van der Waals surface area contributed by atoms with Crippen molar-refractivity contribution in [1.29, 1.82) is 5.26 Å². The van der Waals surface area contributed by atoms with Crippen molar-refractivity contribution < 1.29 is 9.53 Å². The number of benzene rings is 2. The van der Waals surface area contributed by atoms with Gasteiger partial charge in [-0.2, -0.15) is 5.26 Å². The van der Waals surface area contributed by atoms with E-state index in [0.717, 1.165) is 34.6 Å². The zero-order valence-corrected chi connectivity index (χ0v) is 14.3. The van der Waals surface area contributed by atoms with Crippen LogP contribution in [0.2, 0.25) is 0 Å². The molecule has 0 unspecified atom stereocenters. The molecule has 4 nitrogen and oxygen atoms in total. The minimum Gasteiger partial charge on any atom is -0.457 e. The van der Waals surface area contributed by atoms with Gasteiger partial charge < -0.3 is 10.1 Å². The van der Waals surface area contributed by atoms with E-state index in [2.05, 4.69) is 31.3 Å². The fraction of sp³-hybridized carbons (Fsp3) is 0.300. The molecular formula is C20H22N2O2. The van der Waals surface area contributed by atoms with Crippen molar-refractivity contribution in [3.63, 3.8) is 0 Å². The number of nitrogens with zero attached hydrogens (tertiary/aromatic N) is 1. The molecule has 4 heteroatoms. The number of hydrogen-bond acceptors (Lipinski definition) is 3. The van der Waals surface area contributed by atoms with E-state index < -0.39 is 0 Å². The Labute approximate surface area is 143 Å². The van der Waals surface area contributed by atoms with Gasteiger partial charge in [0.25, 0.3) is 0 Å². The minimum absolute atomic E-state index is 0.0953. The second-order valence-corrected chi connectivity index (χ2v) is 5.83. The third-order valence-electron chi connectivity index (χ3n) is 3.99. The Morgan fingerprint density at radius 3 is 2.42 bits per heavy atom. The summed E-state index contributed by atoms with van der Waals surface area (Å²) in [6.45, 7) is 6.71. The van der Waals surface area contributed by atoms with Crippen molar-refractivity contribution in [2.24, 2.45) is 0 Å². The molecule has 24 heavy (non-hydrogen) atoms. The summed E-state index contributed by atoms with van der Waals surface area (Å²) >= 11 is 0. The van der Waals surface area contributed by atoms with Crippen LogP contribution in [0.5, 0.6) is 11.5 Å². The van der Waals surface area contributed by atoms with Crippen molar-refractivity contribution in [1.82, 2.24) is 5.32 Å². The lowest BCUT2D eigenvalue weighted by molar-refractivity contribution is -0.120. The van der Waals surface area contributed by atoms with Crippen LogP contribution < -0.4 is 10.1 Å². The predicted octanol–water partition coefficient (Wildman–Crippen LogP) is 3.98. The Kier molecular flexibility index (Phi) is 5.97. The normalized spacial score (nSPS) is 10.1. The van der Waals surface area contributed by atoms with E-state index in [1.165, 1.54) is 5.56 Å². The maximum Gasteiger partial charge on any atom is 0.234 e. The van der Waals surface area contributed by atoms with Gasteiger partial charge in [-0.25, -0.2) is 0 Å². The van der Waals surface area contributed by atoms with Crippen molar-refractivity contribution in [2.75, 3.05) is 6.54 Å². The topological polar surface area (TPSA) is 62.1 Å². The number of nitriles is 1. The number of rotatable bonds is 6. The quantitative estimate of drug-likeness (QED) is 0.875. The lowest BCUT2D eigenvalue weighted by Crippen LogP contribution is -2.24. The molecule has 0 aliphatic carbocycles. The maximum absolute atomic E-state index is 11.2. The Morgan fingerprint density at radius 2 is 1.75 bits per heavy atom. The molecule has 0 spiro atoms. The predicted molar refractivity (Wildman–Crippen MR) is 94.1 cm³/mol. The van der Waals surface area contributed by atoms with E-state index >= 15 is 0 Å². The van der Waals surface area contributed by atoms with Gasteiger partial charge in [0.2, 0.25) is 5.91 Å². The number of amides is 1. The number of nitrogens with one attached hydrogen (secondary N) is 1. The first-order chi connectivity index (χ1) is 11.5. The molecule has 0 atom stereocenters. The highest BCUT2D eigenvalue weighted by Gasteiger charge is 2.08. The summed E-state index contributed by atoms with van der Waals surface area (Å²) in [5.41, 5.74) is 4.58. The monoisotopic (exact) mass is 322 g/mol. The smallest absolute Gasteiger partial charge is 0.234 e. The number of hydrogen-bond donors (Lipinski definition) is 1. The van der Waals surface area contributed by atoms with Crippen molar-refractivity contribution in [3.05, 3.63) is 58.7 Å². The Balaban J connectivity index is 1.97. The van der Waals surface area contributed by atoms with Crippen LogP contribution in [-0.4, -0.2) is 12.5 Å². The molecule has 0 aliphatic heterocycles. The zero-order valence-electron chi connectivity index (χ0n) is 14.3. The van der Waals surface area contributed by atoms with E-state index in [-0.39, 0.29) is 12.3 Å². The summed E-state index contributed by atoms with van der Waals surface area (Å²) in [6, 6.07) is 13.9. The van der Waals surface area contributed by atoms with Gasteiger partial charge in [-0.1, -0.05) is 24.3 Å². The zero-order chi connectivity index (χ0) is 17.5. The lowest BCUT2D eigenvalue weighted by Gasteiger charge is -2.14.